The van der Waals surface area contributed by atoms with Crippen molar-refractivity contribution in [3.63, 3.8) is 0 Å². The van der Waals surface area contributed by atoms with Crippen molar-refractivity contribution in [2.75, 3.05) is 18.4 Å². The zero-order valence-corrected chi connectivity index (χ0v) is 16.5. The van der Waals surface area contributed by atoms with E-state index < -0.39 is 0 Å². The van der Waals surface area contributed by atoms with Crippen molar-refractivity contribution in [2.45, 2.75) is 19.9 Å². The van der Waals surface area contributed by atoms with Gasteiger partial charge in [-0.1, -0.05) is 35.3 Å². The molecular weight excluding hydrogens is 381 g/mol. The second-order valence-corrected chi connectivity index (χ2v) is 7.44. The van der Waals surface area contributed by atoms with Gasteiger partial charge in [-0.2, -0.15) is 0 Å². The molecule has 0 saturated carbocycles. The maximum Gasteiger partial charge on any atom is 0.201 e. The normalized spacial score (nSPS) is 11.5. The molecule has 4 N–H and O–H groups in total. The van der Waals surface area contributed by atoms with Crippen LogP contribution in [0.3, 0.4) is 0 Å². The van der Waals surface area contributed by atoms with Crippen LogP contribution in [0.15, 0.2) is 36.4 Å². The van der Waals surface area contributed by atoms with Crippen LogP contribution in [0.1, 0.15) is 17.7 Å². The minimum Gasteiger partial charge on any atom is -0.357 e. The van der Waals surface area contributed by atoms with E-state index in [4.69, 9.17) is 23.2 Å². The quantitative estimate of drug-likeness (QED) is 0.319. The molecule has 0 aliphatic rings. The Kier molecular flexibility index (Phi) is 5.25. The van der Waals surface area contributed by atoms with E-state index in [1.165, 1.54) is 5.56 Å². The second-order valence-electron chi connectivity index (χ2n) is 6.60. The van der Waals surface area contributed by atoms with E-state index in [0.717, 1.165) is 59.6 Å². The van der Waals surface area contributed by atoms with Crippen molar-refractivity contribution in [3.8, 4) is 0 Å². The molecule has 0 radical (unpaired) electrons. The van der Waals surface area contributed by atoms with E-state index in [9.17, 15) is 0 Å². The average molecular weight is 402 g/mol. The summed E-state index contributed by atoms with van der Waals surface area (Å²) in [4.78, 5) is 11.2. The van der Waals surface area contributed by atoms with E-state index in [0.29, 0.717) is 10.0 Å². The number of imidazole rings is 1. The first-order valence-electron chi connectivity index (χ1n) is 8.97. The van der Waals surface area contributed by atoms with Crippen molar-refractivity contribution in [2.24, 2.45) is 0 Å². The van der Waals surface area contributed by atoms with Crippen LogP contribution in [0.2, 0.25) is 10.0 Å². The lowest BCUT2D eigenvalue weighted by atomic mass is 10.1. The minimum atomic E-state index is 0.643. The molecule has 4 rings (SSSR count). The molecule has 5 nitrogen and oxygen atoms in total. The van der Waals surface area contributed by atoms with E-state index in [1.807, 2.05) is 30.3 Å². The number of benzene rings is 2. The van der Waals surface area contributed by atoms with Gasteiger partial charge in [-0.25, -0.2) is 4.98 Å². The zero-order valence-electron chi connectivity index (χ0n) is 15.0. The van der Waals surface area contributed by atoms with Crippen molar-refractivity contribution < 1.29 is 0 Å². The molecule has 2 aromatic carbocycles. The Bertz CT molecular complexity index is 1050. The van der Waals surface area contributed by atoms with Crippen LogP contribution in [-0.4, -0.2) is 28.0 Å². The molecule has 0 amide bonds. The third-order valence-corrected chi connectivity index (χ3v) is 5.20. The molecule has 2 aromatic heterocycles. The van der Waals surface area contributed by atoms with Gasteiger partial charge in [0.1, 0.15) is 0 Å². The average Bonchev–Trinajstić information content (AvgIpc) is 3.18. The Morgan fingerprint density at radius 2 is 1.89 bits per heavy atom. The number of nitrogens with zero attached hydrogens (tertiary/aromatic N) is 1. The predicted octanol–water partition coefficient (Wildman–Crippen LogP) is 5.25. The van der Waals surface area contributed by atoms with Crippen molar-refractivity contribution in [1.82, 2.24) is 20.3 Å². The van der Waals surface area contributed by atoms with Gasteiger partial charge < -0.3 is 20.6 Å². The van der Waals surface area contributed by atoms with E-state index in [1.54, 1.807) is 6.07 Å². The van der Waals surface area contributed by atoms with Crippen LogP contribution in [0.5, 0.6) is 0 Å². The highest BCUT2D eigenvalue weighted by Crippen LogP contribution is 2.31. The molecule has 0 saturated heterocycles. The van der Waals surface area contributed by atoms with Crippen LogP contribution >= 0.6 is 23.2 Å². The lowest BCUT2D eigenvalue weighted by Crippen LogP contribution is -2.18. The largest absolute Gasteiger partial charge is 0.357 e. The molecule has 0 aliphatic heterocycles. The second kappa shape index (κ2) is 7.80. The summed E-state index contributed by atoms with van der Waals surface area (Å²) in [6.45, 7) is 4.59. The van der Waals surface area contributed by atoms with Crippen LogP contribution in [0, 0.1) is 6.92 Å². The van der Waals surface area contributed by atoms with Crippen LogP contribution in [0.25, 0.3) is 21.9 Å². The summed E-state index contributed by atoms with van der Waals surface area (Å²) in [7, 11) is 0. The van der Waals surface area contributed by atoms with Gasteiger partial charge in [-0.05, 0) is 49.7 Å². The molecule has 0 fully saturated rings. The fraction of sp³-hybridized carbons (Fsp3) is 0.250. The molecule has 7 heteroatoms. The predicted molar refractivity (Wildman–Crippen MR) is 114 cm³/mol. The van der Waals surface area contributed by atoms with Gasteiger partial charge in [0, 0.05) is 34.7 Å². The van der Waals surface area contributed by atoms with Gasteiger partial charge in [0.05, 0.1) is 16.1 Å². The fourth-order valence-electron chi connectivity index (χ4n) is 3.31. The van der Waals surface area contributed by atoms with Gasteiger partial charge in [-0.3, -0.25) is 0 Å². The Morgan fingerprint density at radius 3 is 2.74 bits per heavy atom. The maximum absolute atomic E-state index is 6.33. The molecule has 4 aromatic rings. The number of aryl methyl sites for hydroxylation is 1. The monoisotopic (exact) mass is 401 g/mol. The highest BCUT2D eigenvalue weighted by atomic mass is 35.5. The summed E-state index contributed by atoms with van der Waals surface area (Å²) in [6, 6.07) is 11.7. The standard InChI is InChI=1S/C20H21Cl2N5/c1-12-18(25-17-10-13(21)9-14(22)19(12)17)11-23-7-4-8-24-20-26-15-5-2-3-6-16(15)27-20/h2-3,5-6,9-10,23,25H,4,7-8,11H2,1H3,(H2,24,26,27). The van der Waals surface area contributed by atoms with Gasteiger partial charge >= 0.3 is 0 Å². The summed E-state index contributed by atoms with van der Waals surface area (Å²) < 4.78 is 0. The number of aromatic nitrogens is 3. The Balaban J connectivity index is 1.27. The SMILES string of the molecule is Cc1c(CNCCCNc2nc3ccccc3[nH]2)[nH]c2cc(Cl)cc(Cl)c12. The number of para-hydroxylation sites is 2. The van der Waals surface area contributed by atoms with E-state index in [2.05, 4.69) is 32.5 Å². The van der Waals surface area contributed by atoms with Gasteiger partial charge in [0.2, 0.25) is 5.95 Å². The molecule has 0 unspecified atom stereocenters. The number of hydrogen-bond acceptors (Lipinski definition) is 3. The highest BCUT2D eigenvalue weighted by Gasteiger charge is 2.11. The number of hydrogen-bond donors (Lipinski definition) is 4. The third-order valence-electron chi connectivity index (χ3n) is 4.68. The summed E-state index contributed by atoms with van der Waals surface area (Å²) in [5.74, 6) is 0.814. The number of rotatable bonds is 7. The van der Waals surface area contributed by atoms with Crippen molar-refractivity contribution >= 4 is 51.1 Å². The molecule has 0 atom stereocenters. The van der Waals surface area contributed by atoms with Crippen molar-refractivity contribution in [3.05, 3.63) is 57.7 Å². The first-order chi connectivity index (χ1) is 13.1. The number of halogens is 2. The van der Waals surface area contributed by atoms with Gasteiger partial charge in [0.15, 0.2) is 0 Å². The van der Waals surface area contributed by atoms with Crippen LogP contribution in [-0.2, 0) is 6.54 Å². The molecule has 0 spiro atoms. The Hall–Kier alpha value is -2.21. The fourth-order valence-corrected chi connectivity index (χ4v) is 3.94. The van der Waals surface area contributed by atoms with E-state index in [-0.39, 0.29) is 0 Å². The van der Waals surface area contributed by atoms with Gasteiger partial charge in [-0.15, -0.1) is 0 Å². The number of nitrogens with one attached hydrogen (secondary N) is 4. The Morgan fingerprint density at radius 1 is 1.04 bits per heavy atom. The smallest absolute Gasteiger partial charge is 0.201 e. The van der Waals surface area contributed by atoms with Crippen LogP contribution < -0.4 is 10.6 Å². The third kappa shape index (κ3) is 3.90. The first-order valence-corrected chi connectivity index (χ1v) is 9.73. The highest BCUT2D eigenvalue weighted by molar-refractivity contribution is 6.38. The molecule has 27 heavy (non-hydrogen) atoms. The van der Waals surface area contributed by atoms with Crippen molar-refractivity contribution in [1.29, 1.82) is 0 Å². The number of aromatic amines is 2. The first kappa shape index (κ1) is 18.2. The maximum atomic E-state index is 6.33. The molecule has 2 heterocycles. The molecule has 0 bridgehead atoms. The van der Waals surface area contributed by atoms with Crippen LogP contribution in [0.4, 0.5) is 5.95 Å². The molecule has 140 valence electrons. The lowest BCUT2D eigenvalue weighted by molar-refractivity contribution is 0.653. The minimum absolute atomic E-state index is 0.643. The summed E-state index contributed by atoms with van der Waals surface area (Å²) >= 11 is 12.4. The zero-order chi connectivity index (χ0) is 18.8. The van der Waals surface area contributed by atoms with E-state index >= 15 is 0 Å². The molecule has 0 aliphatic carbocycles. The number of fused-ring (bicyclic) bond motifs is 2. The van der Waals surface area contributed by atoms with Gasteiger partial charge in [0.25, 0.3) is 0 Å². The number of H-pyrrole nitrogens is 2. The summed E-state index contributed by atoms with van der Waals surface area (Å²) in [6.07, 6.45) is 0.989. The number of anilines is 1. The Labute approximate surface area is 167 Å². The lowest BCUT2D eigenvalue weighted by Gasteiger charge is -2.05. The topological polar surface area (TPSA) is 68.5 Å². The summed E-state index contributed by atoms with van der Waals surface area (Å²) in [5.41, 5.74) is 5.31. The summed E-state index contributed by atoms with van der Waals surface area (Å²) in [5, 5.41) is 9.18. The molecular formula is C20H21Cl2N5.